The number of hydrogen-bond acceptors (Lipinski definition) is 2. The van der Waals surface area contributed by atoms with Crippen LogP contribution in [0, 0.1) is 0 Å². The van der Waals surface area contributed by atoms with Crippen LogP contribution in [0.15, 0.2) is 16.6 Å². The third-order valence-electron chi connectivity index (χ3n) is 1.41. The first-order chi connectivity index (χ1) is 6.56. The monoisotopic (exact) mass is 313 g/mol. The Hall–Kier alpha value is -0.0700. The van der Waals surface area contributed by atoms with E-state index in [1.807, 2.05) is 0 Å². The number of anilines is 1. The average molecular weight is 315 g/mol. The summed E-state index contributed by atoms with van der Waals surface area (Å²) in [6.45, 7) is 0. The van der Waals surface area contributed by atoms with Crippen LogP contribution in [0.4, 0.5) is 5.69 Å². The molecule has 0 aliphatic carbocycles. The maximum Gasteiger partial charge on any atom is 0.185 e. The number of halogens is 3. The summed E-state index contributed by atoms with van der Waals surface area (Å²) < 4.78 is 0.723. The number of nitrogens with one attached hydrogen (secondary N) is 2. The van der Waals surface area contributed by atoms with Crippen molar-refractivity contribution in [2.24, 2.45) is 5.84 Å². The maximum absolute atomic E-state index is 5.95. The van der Waals surface area contributed by atoms with E-state index in [4.69, 9.17) is 41.3 Å². The van der Waals surface area contributed by atoms with Gasteiger partial charge in [0.25, 0.3) is 0 Å². The van der Waals surface area contributed by atoms with Gasteiger partial charge in [-0.1, -0.05) is 23.2 Å². The van der Waals surface area contributed by atoms with Crippen LogP contribution in [0.3, 0.4) is 0 Å². The van der Waals surface area contributed by atoms with E-state index in [0.717, 1.165) is 4.47 Å². The van der Waals surface area contributed by atoms with Crippen LogP contribution in [-0.2, 0) is 0 Å². The second-order valence-electron chi connectivity index (χ2n) is 2.32. The van der Waals surface area contributed by atoms with E-state index in [9.17, 15) is 0 Å². The smallest absolute Gasteiger partial charge is 0.185 e. The lowest BCUT2D eigenvalue weighted by Gasteiger charge is -2.10. The van der Waals surface area contributed by atoms with Crippen molar-refractivity contribution >= 4 is 62.1 Å². The number of benzene rings is 1. The second-order valence-corrected chi connectivity index (χ2v) is 4.34. The molecule has 0 bridgehead atoms. The first kappa shape index (κ1) is 12.0. The molecule has 1 rings (SSSR count). The summed E-state index contributed by atoms with van der Waals surface area (Å²) in [4.78, 5) is 0. The Morgan fingerprint density at radius 3 is 2.57 bits per heavy atom. The van der Waals surface area contributed by atoms with Crippen LogP contribution in [0.1, 0.15) is 0 Å². The molecule has 4 N–H and O–H groups in total. The minimum Gasteiger partial charge on any atom is -0.330 e. The maximum atomic E-state index is 5.95. The Labute approximate surface area is 105 Å². The van der Waals surface area contributed by atoms with Crippen molar-refractivity contribution in [3.05, 3.63) is 26.7 Å². The third kappa shape index (κ3) is 2.71. The van der Waals surface area contributed by atoms with Gasteiger partial charge in [0.05, 0.1) is 15.7 Å². The summed E-state index contributed by atoms with van der Waals surface area (Å²) in [6, 6.07) is 3.50. The van der Waals surface area contributed by atoms with E-state index >= 15 is 0 Å². The van der Waals surface area contributed by atoms with Crippen LogP contribution in [0.25, 0.3) is 0 Å². The minimum absolute atomic E-state index is 0.269. The van der Waals surface area contributed by atoms with Gasteiger partial charge in [-0.3, -0.25) is 0 Å². The minimum atomic E-state index is 0.269. The van der Waals surface area contributed by atoms with E-state index < -0.39 is 0 Å². The normalized spacial score (nSPS) is 9.71. The average Bonchev–Trinajstić information content (AvgIpc) is 2.19. The molecule has 0 atom stereocenters. The van der Waals surface area contributed by atoms with Crippen LogP contribution < -0.4 is 16.6 Å². The Kier molecular flexibility index (Phi) is 4.40. The van der Waals surface area contributed by atoms with Crippen molar-refractivity contribution in [2.75, 3.05) is 5.32 Å². The molecule has 0 saturated carbocycles. The van der Waals surface area contributed by atoms with Gasteiger partial charge in [-0.2, -0.15) is 0 Å². The van der Waals surface area contributed by atoms with Gasteiger partial charge in [0.1, 0.15) is 0 Å². The summed E-state index contributed by atoms with van der Waals surface area (Å²) in [5.74, 6) is 5.10. The molecule has 0 aliphatic rings. The van der Waals surface area contributed by atoms with Crippen molar-refractivity contribution < 1.29 is 0 Å². The molecule has 1 aromatic rings. The lowest BCUT2D eigenvalue weighted by atomic mass is 10.3. The molecule has 0 spiro atoms. The fraction of sp³-hybridized carbons (Fsp3) is 0. The van der Waals surface area contributed by atoms with Gasteiger partial charge in [0.2, 0.25) is 0 Å². The molecule has 14 heavy (non-hydrogen) atoms. The Morgan fingerprint density at radius 1 is 1.36 bits per heavy atom. The van der Waals surface area contributed by atoms with Crippen LogP contribution in [-0.4, -0.2) is 5.11 Å². The summed E-state index contributed by atoms with van der Waals surface area (Å²) in [6.07, 6.45) is 0. The molecule has 3 nitrogen and oxygen atoms in total. The summed E-state index contributed by atoms with van der Waals surface area (Å²) in [5.41, 5.74) is 2.88. The SMILES string of the molecule is NNC(=S)Nc1ccc(Br)c(Cl)c1Cl. The molecule has 0 aromatic heterocycles. The molecule has 0 aliphatic heterocycles. The Balaban J connectivity index is 3.00. The Bertz CT molecular complexity index is 372. The highest BCUT2D eigenvalue weighted by molar-refractivity contribution is 9.10. The standard InChI is InChI=1S/C7H6BrCl2N3S/c8-3-1-2-4(6(10)5(3)9)12-7(14)13-11/h1-2H,11H2,(H2,12,13,14). The van der Waals surface area contributed by atoms with Gasteiger partial charge in [-0.15, -0.1) is 0 Å². The first-order valence-corrected chi connectivity index (χ1v) is 5.43. The molecule has 1 aromatic carbocycles. The van der Waals surface area contributed by atoms with Crippen LogP contribution in [0.2, 0.25) is 10.0 Å². The Morgan fingerprint density at radius 2 is 2.00 bits per heavy atom. The van der Waals surface area contributed by atoms with Crippen molar-refractivity contribution in [1.82, 2.24) is 5.43 Å². The van der Waals surface area contributed by atoms with Crippen molar-refractivity contribution in [3.63, 3.8) is 0 Å². The van der Waals surface area contributed by atoms with E-state index in [1.54, 1.807) is 12.1 Å². The number of rotatable bonds is 1. The molecule has 0 unspecified atom stereocenters. The number of nitrogens with two attached hydrogens (primary N) is 1. The zero-order chi connectivity index (χ0) is 10.7. The van der Waals surface area contributed by atoms with E-state index in [-0.39, 0.29) is 5.11 Å². The molecular formula is C7H6BrCl2N3S. The van der Waals surface area contributed by atoms with Gasteiger partial charge in [0.15, 0.2) is 5.11 Å². The lowest BCUT2D eigenvalue weighted by molar-refractivity contribution is 1.04. The quantitative estimate of drug-likeness (QED) is 0.323. The molecule has 0 heterocycles. The largest absolute Gasteiger partial charge is 0.330 e. The van der Waals surface area contributed by atoms with Crippen LogP contribution >= 0.6 is 51.3 Å². The molecule has 7 heteroatoms. The number of hydrazine groups is 1. The zero-order valence-electron chi connectivity index (χ0n) is 6.77. The van der Waals surface area contributed by atoms with E-state index in [0.29, 0.717) is 15.7 Å². The van der Waals surface area contributed by atoms with Crippen LogP contribution in [0.5, 0.6) is 0 Å². The molecule has 0 saturated heterocycles. The molecule has 0 fully saturated rings. The van der Waals surface area contributed by atoms with Crippen molar-refractivity contribution in [1.29, 1.82) is 0 Å². The fourth-order valence-electron chi connectivity index (χ4n) is 0.781. The lowest BCUT2D eigenvalue weighted by Crippen LogP contribution is -2.34. The third-order valence-corrected chi connectivity index (χ3v) is 3.41. The zero-order valence-corrected chi connectivity index (χ0v) is 10.7. The van der Waals surface area contributed by atoms with Gasteiger partial charge >= 0.3 is 0 Å². The summed E-state index contributed by atoms with van der Waals surface area (Å²) >= 11 is 19.9. The predicted octanol–water partition coefficient (Wildman–Crippen LogP) is 2.92. The van der Waals surface area contributed by atoms with Gasteiger partial charge in [-0.25, -0.2) is 5.84 Å². The topological polar surface area (TPSA) is 50.1 Å². The summed E-state index contributed by atoms with van der Waals surface area (Å²) in [5, 5.41) is 3.87. The predicted molar refractivity (Wildman–Crippen MR) is 67.7 cm³/mol. The van der Waals surface area contributed by atoms with Crippen molar-refractivity contribution in [3.8, 4) is 0 Å². The fourth-order valence-corrected chi connectivity index (χ4v) is 1.71. The van der Waals surface area contributed by atoms with Gasteiger partial charge in [0, 0.05) is 4.47 Å². The van der Waals surface area contributed by atoms with Gasteiger partial charge in [-0.05, 0) is 40.3 Å². The second kappa shape index (κ2) is 5.14. The highest BCUT2D eigenvalue weighted by atomic mass is 79.9. The summed E-state index contributed by atoms with van der Waals surface area (Å²) in [7, 11) is 0. The highest BCUT2D eigenvalue weighted by Crippen LogP contribution is 2.35. The van der Waals surface area contributed by atoms with E-state index in [1.165, 1.54) is 0 Å². The van der Waals surface area contributed by atoms with E-state index in [2.05, 4.69) is 26.7 Å². The molecule has 76 valence electrons. The number of thiocarbonyl (C=S) groups is 1. The van der Waals surface area contributed by atoms with Crippen molar-refractivity contribution in [2.45, 2.75) is 0 Å². The first-order valence-electron chi connectivity index (χ1n) is 3.47. The molecule has 0 amide bonds. The highest BCUT2D eigenvalue weighted by Gasteiger charge is 2.08. The number of hydrogen-bond donors (Lipinski definition) is 3. The molecule has 0 radical (unpaired) electrons. The molecular weight excluding hydrogens is 309 g/mol. The van der Waals surface area contributed by atoms with Gasteiger partial charge < -0.3 is 10.7 Å².